The third kappa shape index (κ3) is 3.65. The minimum atomic E-state index is -0.515. The maximum absolute atomic E-state index is 13.5. The van der Waals surface area contributed by atoms with Crippen LogP contribution in [0.4, 0.5) is 0 Å². The number of amides is 1. The summed E-state index contributed by atoms with van der Waals surface area (Å²) < 4.78 is 16.7. The van der Waals surface area contributed by atoms with Gasteiger partial charge in [-0.1, -0.05) is 6.07 Å². The molecule has 3 aromatic rings. The minimum absolute atomic E-state index is 0.107. The van der Waals surface area contributed by atoms with Gasteiger partial charge in [-0.2, -0.15) is 0 Å². The Morgan fingerprint density at radius 1 is 1.16 bits per heavy atom. The topological polar surface area (TPSA) is 85.1 Å². The van der Waals surface area contributed by atoms with Gasteiger partial charge in [-0.25, -0.2) is 0 Å². The van der Waals surface area contributed by atoms with Crippen LogP contribution < -0.4 is 10.2 Å². The quantitative estimate of drug-likeness (QED) is 0.588. The van der Waals surface area contributed by atoms with Crippen molar-refractivity contribution in [2.45, 2.75) is 12.5 Å². The van der Waals surface area contributed by atoms with Crippen LogP contribution in [-0.2, 0) is 4.74 Å². The molecule has 32 heavy (non-hydrogen) atoms. The van der Waals surface area contributed by atoms with Gasteiger partial charge in [0.25, 0.3) is 5.91 Å². The number of rotatable bonds is 6. The molecule has 8 nitrogen and oxygen atoms in total. The fraction of sp³-hybridized carbons (Fsp3) is 0.375. The lowest BCUT2D eigenvalue weighted by molar-refractivity contribution is 0.0353. The normalized spacial score (nSPS) is 18.8. The van der Waals surface area contributed by atoms with Crippen LogP contribution in [0.3, 0.4) is 0 Å². The van der Waals surface area contributed by atoms with Crippen molar-refractivity contribution in [1.82, 2.24) is 14.8 Å². The summed E-state index contributed by atoms with van der Waals surface area (Å²) in [7, 11) is 1.55. The Balaban J connectivity index is 1.52. The summed E-state index contributed by atoms with van der Waals surface area (Å²) in [6, 6.07) is 8.25. The van der Waals surface area contributed by atoms with Gasteiger partial charge in [0.05, 0.1) is 37.3 Å². The summed E-state index contributed by atoms with van der Waals surface area (Å²) in [6.07, 6.45) is 4.18. The predicted octanol–water partition coefficient (Wildman–Crippen LogP) is 2.46. The molecule has 1 atom stereocenters. The largest absolute Gasteiger partial charge is 0.497 e. The fourth-order valence-electron chi connectivity index (χ4n) is 4.53. The van der Waals surface area contributed by atoms with Crippen molar-refractivity contribution in [3.05, 3.63) is 69.8 Å². The molecule has 1 fully saturated rings. The van der Waals surface area contributed by atoms with E-state index in [-0.39, 0.29) is 17.1 Å². The number of carbonyl (C=O) groups excluding carboxylic acids is 1. The molecule has 1 saturated heterocycles. The molecule has 166 valence electrons. The van der Waals surface area contributed by atoms with Crippen molar-refractivity contribution < 1.29 is 18.7 Å². The smallest absolute Gasteiger partial charge is 0.290 e. The number of benzene rings is 1. The molecule has 5 rings (SSSR count). The highest BCUT2D eigenvalue weighted by Gasteiger charge is 2.42. The van der Waals surface area contributed by atoms with Crippen LogP contribution in [0.25, 0.3) is 11.0 Å². The lowest BCUT2D eigenvalue weighted by atomic mass is 10.00. The highest BCUT2D eigenvalue weighted by atomic mass is 16.5. The lowest BCUT2D eigenvalue weighted by Crippen LogP contribution is -2.38. The molecular weight excluding hydrogens is 410 g/mol. The summed E-state index contributed by atoms with van der Waals surface area (Å²) in [5.74, 6) is 0.408. The first-order valence-electron chi connectivity index (χ1n) is 10.8. The molecule has 1 aromatic carbocycles. The zero-order valence-corrected chi connectivity index (χ0v) is 18.0. The van der Waals surface area contributed by atoms with E-state index in [0.717, 1.165) is 44.8 Å². The molecule has 1 amide bonds. The molecule has 0 bridgehead atoms. The number of nitrogens with zero attached hydrogens (tertiary/aromatic N) is 3. The zero-order valence-electron chi connectivity index (χ0n) is 18.0. The average molecular weight is 435 g/mol. The Bertz CT molecular complexity index is 1190. The average Bonchev–Trinajstić information content (AvgIpc) is 3.12. The van der Waals surface area contributed by atoms with Gasteiger partial charge in [-0.05, 0) is 30.2 Å². The highest BCUT2D eigenvalue weighted by Crippen LogP contribution is 2.38. The number of morpholine rings is 1. The van der Waals surface area contributed by atoms with Crippen molar-refractivity contribution in [2.24, 2.45) is 0 Å². The Labute approximate surface area is 185 Å². The van der Waals surface area contributed by atoms with Gasteiger partial charge in [-0.3, -0.25) is 19.5 Å². The van der Waals surface area contributed by atoms with Crippen molar-refractivity contribution >= 4 is 16.9 Å². The van der Waals surface area contributed by atoms with Crippen molar-refractivity contribution in [3.63, 3.8) is 0 Å². The van der Waals surface area contributed by atoms with Crippen molar-refractivity contribution in [2.75, 3.05) is 46.5 Å². The summed E-state index contributed by atoms with van der Waals surface area (Å²) >= 11 is 0. The van der Waals surface area contributed by atoms with Gasteiger partial charge in [0.1, 0.15) is 11.3 Å². The van der Waals surface area contributed by atoms with Gasteiger partial charge in [0.2, 0.25) is 5.76 Å². The van der Waals surface area contributed by atoms with E-state index in [2.05, 4.69) is 9.88 Å². The maximum Gasteiger partial charge on any atom is 0.290 e. The number of pyridine rings is 1. The van der Waals surface area contributed by atoms with Crippen molar-refractivity contribution in [3.8, 4) is 5.75 Å². The first kappa shape index (κ1) is 20.7. The van der Waals surface area contributed by atoms with Gasteiger partial charge in [0, 0.05) is 44.6 Å². The zero-order chi connectivity index (χ0) is 22.1. The third-order valence-corrected chi connectivity index (χ3v) is 6.15. The Morgan fingerprint density at radius 3 is 2.75 bits per heavy atom. The number of carbonyl (C=O) groups is 1. The first-order valence-corrected chi connectivity index (χ1v) is 10.8. The number of ether oxygens (including phenoxy) is 2. The molecule has 2 aliphatic rings. The van der Waals surface area contributed by atoms with E-state index in [1.54, 1.807) is 42.6 Å². The molecule has 2 aliphatic heterocycles. The number of fused-ring (bicyclic) bond motifs is 2. The van der Waals surface area contributed by atoms with Crippen LogP contribution in [0.2, 0.25) is 0 Å². The fourth-order valence-corrected chi connectivity index (χ4v) is 4.53. The second-order valence-electron chi connectivity index (χ2n) is 8.03. The van der Waals surface area contributed by atoms with Crippen LogP contribution in [-0.4, -0.2) is 67.2 Å². The summed E-state index contributed by atoms with van der Waals surface area (Å²) in [5.41, 5.74) is 1.33. The predicted molar refractivity (Wildman–Crippen MR) is 118 cm³/mol. The van der Waals surface area contributed by atoms with E-state index in [4.69, 9.17) is 13.9 Å². The van der Waals surface area contributed by atoms with E-state index in [1.165, 1.54) is 0 Å². The molecule has 4 heterocycles. The van der Waals surface area contributed by atoms with E-state index < -0.39 is 6.04 Å². The Morgan fingerprint density at radius 2 is 2.00 bits per heavy atom. The van der Waals surface area contributed by atoms with Gasteiger partial charge in [-0.15, -0.1) is 0 Å². The van der Waals surface area contributed by atoms with Crippen LogP contribution >= 0.6 is 0 Å². The number of methoxy groups -OCH3 is 1. The molecule has 0 N–H and O–H groups in total. The molecule has 0 radical (unpaired) electrons. The van der Waals surface area contributed by atoms with Crippen LogP contribution in [0.5, 0.6) is 5.75 Å². The van der Waals surface area contributed by atoms with E-state index in [9.17, 15) is 9.59 Å². The molecule has 8 heteroatoms. The molecule has 0 aliphatic carbocycles. The van der Waals surface area contributed by atoms with Crippen LogP contribution in [0, 0.1) is 0 Å². The molecule has 2 aromatic heterocycles. The van der Waals surface area contributed by atoms with Crippen LogP contribution in [0.15, 0.2) is 51.9 Å². The van der Waals surface area contributed by atoms with E-state index >= 15 is 0 Å². The van der Waals surface area contributed by atoms with E-state index in [0.29, 0.717) is 28.8 Å². The first-order chi connectivity index (χ1) is 15.7. The summed E-state index contributed by atoms with van der Waals surface area (Å²) in [6.45, 7) is 4.64. The van der Waals surface area contributed by atoms with Gasteiger partial charge in [0.15, 0.2) is 5.43 Å². The van der Waals surface area contributed by atoms with E-state index in [1.807, 2.05) is 12.1 Å². The molecule has 0 saturated carbocycles. The number of hydrogen-bond donors (Lipinski definition) is 0. The van der Waals surface area contributed by atoms with Gasteiger partial charge < -0.3 is 18.8 Å². The second-order valence-corrected chi connectivity index (χ2v) is 8.03. The highest BCUT2D eigenvalue weighted by molar-refractivity contribution is 5.99. The number of aromatic nitrogens is 1. The summed E-state index contributed by atoms with van der Waals surface area (Å²) in [5, 5.41) is 0.432. The van der Waals surface area contributed by atoms with Crippen molar-refractivity contribution in [1.29, 1.82) is 0 Å². The molecule has 0 unspecified atom stereocenters. The summed E-state index contributed by atoms with van der Waals surface area (Å²) in [4.78, 5) is 35.2. The second kappa shape index (κ2) is 8.72. The third-order valence-electron chi connectivity index (χ3n) is 6.15. The number of hydrogen-bond acceptors (Lipinski definition) is 7. The van der Waals surface area contributed by atoms with Gasteiger partial charge >= 0.3 is 0 Å². The monoisotopic (exact) mass is 435 g/mol. The Hall–Kier alpha value is -3.23. The minimum Gasteiger partial charge on any atom is -0.497 e. The van der Waals surface area contributed by atoms with Crippen LogP contribution in [0.1, 0.15) is 34.1 Å². The molecular formula is C24H25N3O5. The molecule has 0 spiro atoms. The SMILES string of the molecule is COc1ccc2c(=O)c3c(oc2c1)C(=O)N(CCCN1CCOCC1)[C@@H]3c1cccnc1. The maximum atomic E-state index is 13.5. The standard InChI is InChI=1S/C24H25N3O5/c1-30-17-5-6-18-19(14-17)32-23-20(22(18)28)21(16-4-2-7-25-15-16)27(24(23)29)9-3-8-26-10-12-31-13-11-26/h2,4-7,14-15,21H,3,8-13H2,1H3/t21-/m1/s1. The lowest BCUT2D eigenvalue weighted by Gasteiger charge is -2.29. The Kier molecular flexibility index (Phi) is 5.63.